The van der Waals surface area contributed by atoms with E-state index in [1.54, 1.807) is 12.2 Å². The van der Waals surface area contributed by atoms with Crippen LogP contribution in [-0.4, -0.2) is 86.6 Å². The normalized spacial score (nSPS) is 41.0. The van der Waals surface area contributed by atoms with E-state index in [0.29, 0.717) is 19.3 Å². The van der Waals surface area contributed by atoms with E-state index in [1.807, 2.05) is 0 Å². The van der Waals surface area contributed by atoms with Crippen molar-refractivity contribution in [2.75, 3.05) is 13.2 Å². The Balaban J connectivity index is 1.78. The summed E-state index contributed by atoms with van der Waals surface area (Å²) in [5.74, 6) is -1.04. The van der Waals surface area contributed by atoms with Crippen molar-refractivity contribution >= 4 is 5.97 Å². The van der Waals surface area contributed by atoms with E-state index in [1.165, 1.54) is 0 Å². The lowest BCUT2D eigenvalue weighted by atomic mass is 9.89. The monoisotopic (exact) mass is 376 g/mol. The lowest BCUT2D eigenvalue weighted by molar-refractivity contribution is -0.298. The van der Waals surface area contributed by atoms with Crippen LogP contribution in [0, 0.1) is 11.8 Å². The van der Waals surface area contributed by atoms with Crippen LogP contribution in [0.2, 0.25) is 0 Å². The molecule has 150 valence electrons. The first kappa shape index (κ1) is 21.2. The molecule has 0 unspecified atom stereocenters. The highest BCUT2D eigenvalue weighted by Crippen LogP contribution is 2.37. The van der Waals surface area contributed by atoms with Crippen molar-refractivity contribution in [3.8, 4) is 0 Å². The third-order valence-electron chi connectivity index (χ3n) is 5.15. The van der Waals surface area contributed by atoms with Crippen LogP contribution in [0.5, 0.6) is 0 Å². The number of aliphatic hydroxyl groups excluding tert-OH is 5. The van der Waals surface area contributed by atoms with Crippen molar-refractivity contribution in [1.82, 2.24) is 0 Å². The van der Waals surface area contributed by atoms with Gasteiger partial charge in [-0.3, -0.25) is 4.79 Å². The predicted octanol–water partition coefficient (Wildman–Crippen LogP) is -1.39. The molecule has 0 radical (unpaired) electrons. The highest BCUT2D eigenvalue weighted by molar-refractivity contribution is 5.67. The molecule has 0 spiro atoms. The van der Waals surface area contributed by atoms with Crippen LogP contribution in [0.25, 0.3) is 0 Å². The Morgan fingerprint density at radius 2 is 1.81 bits per heavy atom. The van der Waals surface area contributed by atoms with Gasteiger partial charge in [-0.1, -0.05) is 12.2 Å². The lowest BCUT2D eigenvalue weighted by Gasteiger charge is -2.39. The van der Waals surface area contributed by atoms with Gasteiger partial charge in [-0.2, -0.15) is 0 Å². The summed E-state index contributed by atoms with van der Waals surface area (Å²) in [7, 11) is 0. The first-order chi connectivity index (χ1) is 12.3. The molecule has 9 heteroatoms. The van der Waals surface area contributed by atoms with Gasteiger partial charge in [-0.15, -0.1) is 0 Å². The molecule has 2 rings (SSSR count). The zero-order valence-corrected chi connectivity index (χ0v) is 14.4. The maximum absolute atomic E-state index is 10.9. The van der Waals surface area contributed by atoms with Crippen LogP contribution >= 0.6 is 0 Å². The van der Waals surface area contributed by atoms with Gasteiger partial charge in [0.2, 0.25) is 0 Å². The second-order valence-electron chi connectivity index (χ2n) is 6.90. The van der Waals surface area contributed by atoms with E-state index >= 15 is 0 Å². The van der Waals surface area contributed by atoms with Crippen LogP contribution in [0.3, 0.4) is 0 Å². The molecule has 1 heterocycles. The fourth-order valence-electron chi connectivity index (χ4n) is 3.63. The van der Waals surface area contributed by atoms with Gasteiger partial charge in [0.1, 0.15) is 24.4 Å². The van der Waals surface area contributed by atoms with Crippen LogP contribution in [-0.2, 0) is 14.3 Å². The molecule has 26 heavy (non-hydrogen) atoms. The van der Waals surface area contributed by atoms with Gasteiger partial charge >= 0.3 is 5.97 Å². The Morgan fingerprint density at radius 1 is 1.08 bits per heavy atom. The Bertz CT molecular complexity index is 481. The smallest absolute Gasteiger partial charge is 0.303 e. The molecule has 1 aliphatic heterocycles. The maximum Gasteiger partial charge on any atom is 0.303 e. The molecule has 9 nitrogen and oxygen atoms in total. The topological polar surface area (TPSA) is 157 Å². The van der Waals surface area contributed by atoms with Crippen LogP contribution in [0.15, 0.2) is 12.2 Å². The molecule has 8 atom stereocenters. The Morgan fingerprint density at radius 3 is 2.46 bits per heavy atom. The first-order valence-electron chi connectivity index (χ1n) is 8.82. The van der Waals surface area contributed by atoms with Crippen molar-refractivity contribution in [1.29, 1.82) is 0 Å². The molecule has 0 aromatic heterocycles. The van der Waals surface area contributed by atoms with Crippen LogP contribution in [0.4, 0.5) is 0 Å². The van der Waals surface area contributed by atoms with Crippen molar-refractivity contribution in [2.24, 2.45) is 11.8 Å². The number of carbonyl (C=O) groups is 1. The number of carboxylic acids is 1. The van der Waals surface area contributed by atoms with Gasteiger partial charge in [-0.05, 0) is 31.1 Å². The maximum atomic E-state index is 10.9. The second kappa shape index (κ2) is 9.75. The summed E-state index contributed by atoms with van der Waals surface area (Å²) in [5, 5.41) is 57.2. The average molecular weight is 376 g/mol. The molecule has 0 aromatic rings. The number of aliphatic hydroxyl groups is 5. The number of allylic oxidation sites excluding steroid dienone is 1. The highest BCUT2D eigenvalue weighted by atomic mass is 16.7. The van der Waals surface area contributed by atoms with Crippen molar-refractivity contribution < 1.29 is 44.9 Å². The summed E-state index contributed by atoms with van der Waals surface area (Å²) in [6, 6.07) is 0. The van der Waals surface area contributed by atoms with Crippen molar-refractivity contribution in [3.63, 3.8) is 0 Å². The van der Waals surface area contributed by atoms with E-state index in [2.05, 4.69) is 0 Å². The Kier molecular flexibility index (Phi) is 7.96. The molecule has 0 amide bonds. The standard InChI is InChI=1S/C17H28O9/c18-8-12-14(22)15(23)16(24)17(26-12)25-6-2-1-3-10-9(7-13(20)21)4-5-11(10)19/h1-2,9-12,14-19,22-24H,3-8H2,(H,20,21)/b2-1-/t9-,10+,11+,12-,14-,15+,16-,17-/m1/s1. The summed E-state index contributed by atoms with van der Waals surface area (Å²) < 4.78 is 10.5. The lowest BCUT2D eigenvalue weighted by Crippen LogP contribution is -2.59. The van der Waals surface area contributed by atoms with Crippen LogP contribution < -0.4 is 0 Å². The Labute approximate surface area is 151 Å². The van der Waals surface area contributed by atoms with E-state index in [4.69, 9.17) is 19.7 Å². The first-order valence-corrected chi connectivity index (χ1v) is 8.82. The van der Waals surface area contributed by atoms with Gasteiger partial charge in [0.25, 0.3) is 0 Å². The minimum atomic E-state index is -1.49. The van der Waals surface area contributed by atoms with Crippen LogP contribution in [0.1, 0.15) is 25.7 Å². The quantitative estimate of drug-likeness (QED) is 0.281. The number of rotatable bonds is 8. The third-order valence-corrected chi connectivity index (χ3v) is 5.15. The van der Waals surface area contributed by atoms with E-state index in [0.717, 1.165) is 0 Å². The molecule has 0 bridgehead atoms. The van der Waals surface area contributed by atoms with Gasteiger partial charge in [-0.25, -0.2) is 0 Å². The highest BCUT2D eigenvalue weighted by Gasteiger charge is 2.43. The third kappa shape index (κ3) is 5.23. The summed E-state index contributed by atoms with van der Waals surface area (Å²) in [4.78, 5) is 10.9. The minimum Gasteiger partial charge on any atom is -0.481 e. The summed E-state index contributed by atoms with van der Waals surface area (Å²) in [6.45, 7) is -0.472. The SMILES string of the molecule is O=C(O)C[C@H]1CC[C@H](O)[C@H]1C/C=C\CO[C@@H]1O[C@H](CO)[C@@H](O)[C@H](O)[C@H]1O. The fraction of sp³-hybridized carbons (Fsp3) is 0.824. The van der Waals surface area contributed by atoms with Gasteiger partial charge in [0, 0.05) is 6.42 Å². The molecule has 6 N–H and O–H groups in total. The van der Waals surface area contributed by atoms with E-state index in [-0.39, 0.29) is 24.9 Å². The summed E-state index contributed by atoms with van der Waals surface area (Å²) in [5.41, 5.74) is 0. The number of hydrogen-bond donors (Lipinski definition) is 6. The van der Waals surface area contributed by atoms with E-state index in [9.17, 15) is 25.2 Å². The van der Waals surface area contributed by atoms with Gasteiger partial charge in [0.15, 0.2) is 6.29 Å². The minimum absolute atomic E-state index is 0.0386. The van der Waals surface area contributed by atoms with Crippen molar-refractivity contribution in [2.45, 2.75) is 62.5 Å². The largest absolute Gasteiger partial charge is 0.481 e. The summed E-state index contributed by atoms with van der Waals surface area (Å²) in [6.07, 6.45) is -1.82. The molecule has 2 fully saturated rings. The molecule has 1 saturated carbocycles. The number of hydrogen-bond acceptors (Lipinski definition) is 8. The zero-order chi connectivity index (χ0) is 19.3. The number of aliphatic carboxylic acids is 1. The predicted molar refractivity (Wildman–Crippen MR) is 87.9 cm³/mol. The van der Waals surface area contributed by atoms with Crippen molar-refractivity contribution in [3.05, 3.63) is 12.2 Å². The average Bonchev–Trinajstić information content (AvgIpc) is 2.93. The fourth-order valence-corrected chi connectivity index (χ4v) is 3.63. The molecule has 1 aliphatic carbocycles. The number of ether oxygens (including phenoxy) is 2. The second-order valence-corrected chi connectivity index (χ2v) is 6.90. The molecular formula is C17H28O9. The molecular weight excluding hydrogens is 348 g/mol. The van der Waals surface area contributed by atoms with Gasteiger partial charge in [0.05, 0.1) is 19.3 Å². The zero-order valence-electron chi connectivity index (χ0n) is 14.4. The summed E-state index contributed by atoms with van der Waals surface area (Å²) >= 11 is 0. The molecule has 2 aliphatic rings. The van der Waals surface area contributed by atoms with Gasteiger partial charge < -0.3 is 40.1 Å². The Hall–Kier alpha value is -1.07. The molecule has 1 saturated heterocycles. The molecule has 0 aromatic carbocycles. The number of carboxylic acid groups (broad SMARTS) is 1. The van der Waals surface area contributed by atoms with E-state index < -0.39 is 49.4 Å².